The van der Waals surface area contributed by atoms with Gasteiger partial charge in [0.2, 0.25) is 5.91 Å². The third-order valence-corrected chi connectivity index (χ3v) is 2.09. The minimum Gasteiger partial charge on any atom is -0.389 e. The number of amides is 1. The lowest BCUT2D eigenvalue weighted by atomic mass is 10.1. The van der Waals surface area contributed by atoms with E-state index in [0.29, 0.717) is 0 Å². The molecule has 0 aromatic heterocycles. The minimum absolute atomic E-state index is 0.187. The van der Waals surface area contributed by atoms with Crippen molar-refractivity contribution in [2.24, 2.45) is 0 Å². The van der Waals surface area contributed by atoms with Crippen molar-refractivity contribution in [2.45, 2.75) is 45.6 Å². The zero-order valence-electron chi connectivity index (χ0n) is 11.6. The van der Waals surface area contributed by atoms with Gasteiger partial charge in [-0.3, -0.25) is 4.79 Å². The van der Waals surface area contributed by atoms with Gasteiger partial charge < -0.3 is 10.4 Å². The molecule has 3 nitrogen and oxygen atoms in total. The summed E-state index contributed by atoms with van der Waals surface area (Å²) in [5.74, 6) is -0.187. The highest BCUT2D eigenvalue weighted by Gasteiger charge is 2.12. The molecule has 102 valence electrons. The molecule has 0 atom stereocenters. The Labute approximate surface area is 110 Å². The second kappa shape index (κ2) is 9.66. The lowest BCUT2D eigenvalue weighted by molar-refractivity contribution is -0.117. The normalized spacial score (nSPS) is 12.9. The Kier molecular flexibility index (Phi) is 8.93. The number of rotatable bonds is 8. The molecule has 0 aliphatic heterocycles. The lowest BCUT2D eigenvalue weighted by Gasteiger charge is -2.16. The van der Waals surface area contributed by atoms with Crippen LogP contribution in [0, 0.1) is 0 Å². The average molecular weight is 251 g/mol. The van der Waals surface area contributed by atoms with E-state index < -0.39 is 5.60 Å². The Balaban J connectivity index is 3.71. The fourth-order valence-corrected chi connectivity index (χ4v) is 1.16. The first kappa shape index (κ1) is 16.6. The molecule has 0 spiro atoms. The van der Waals surface area contributed by atoms with E-state index >= 15 is 0 Å². The third-order valence-electron chi connectivity index (χ3n) is 2.09. The molecule has 0 aliphatic rings. The van der Waals surface area contributed by atoms with Crippen LogP contribution in [0.4, 0.5) is 0 Å². The number of unbranched alkanes of at least 4 members (excludes halogenated alkanes) is 1. The molecular formula is C15H25NO2. The van der Waals surface area contributed by atoms with Crippen LogP contribution in [0.2, 0.25) is 0 Å². The Hall–Kier alpha value is -1.35. The number of allylic oxidation sites excluding steroid dienone is 5. The van der Waals surface area contributed by atoms with E-state index in [4.69, 9.17) is 0 Å². The summed E-state index contributed by atoms with van der Waals surface area (Å²) in [5, 5.41) is 12.0. The first-order valence-corrected chi connectivity index (χ1v) is 6.44. The van der Waals surface area contributed by atoms with Crippen LogP contribution >= 0.6 is 0 Å². The molecule has 18 heavy (non-hydrogen) atoms. The van der Waals surface area contributed by atoms with Gasteiger partial charge in [-0.05, 0) is 33.1 Å². The molecule has 0 radical (unpaired) electrons. The molecule has 0 aromatic carbocycles. The van der Waals surface area contributed by atoms with Crippen molar-refractivity contribution in [3.63, 3.8) is 0 Å². The van der Waals surface area contributed by atoms with Crippen molar-refractivity contribution in [3.8, 4) is 0 Å². The van der Waals surface area contributed by atoms with Gasteiger partial charge in [-0.2, -0.15) is 0 Å². The van der Waals surface area contributed by atoms with E-state index in [-0.39, 0.29) is 12.5 Å². The van der Waals surface area contributed by atoms with Gasteiger partial charge in [0.25, 0.3) is 0 Å². The van der Waals surface area contributed by atoms with E-state index in [1.54, 1.807) is 19.9 Å². The van der Waals surface area contributed by atoms with Gasteiger partial charge in [-0.1, -0.05) is 37.3 Å². The van der Waals surface area contributed by atoms with Crippen molar-refractivity contribution < 1.29 is 9.90 Å². The van der Waals surface area contributed by atoms with Crippen molar-refractivity contribution >= 4 is 5.91 Å². The number of carbonyl (C=O) groups is 1. The fraction of sp³-hybridized carbons (Fsp3) is 0.533. The molecule has 2 N–H and O–H groups in total. The summed E-state index contributed by atoms with van der Waals surface area (Å²) >= 11 is 0. The molecule has 0 bridgehead atoms. The van der Waals surface area contributed by atoms with Crippen LogP contribution in [0.1, 0.15) is 40.0 Å². The number of aliphatic hydroxyl groups is 1. The number of hydrogen-bond acceptors (Lipinski definition) is 2. The lowest BCUT2D eigenvalue weighted by Crippen LogP contribution is -2.37. The summed E-state index contributed by atoms with van der Waals surface area (Å²) in [6.45, 7) is 5.67. The summed E-state index contributed by atoms with van der Waals surface area (Å²) in [5.41, 5.74) is -0.870. The monoisotopic (exact) mass is 251 g/mol. The summed E-state index contributed by atoms with van der Waals surface area (Å²) in [6, 6.07) is 0. The smallest absolute Gasteiger partial charge is 0.244 e. The maximum absolute atomic E-state index is 11.3. The first-order valence-electron chi connectivity index (χ1n) is 6.44. The van der Waals surface area contributed by atoms with Crippen LogP contribution < -0.4 is 5.32 Å². The Bertz CT molecular complexity index is 309. The standard InChI is InChI=1S/C15H25NO2/c1-4-5-6-7-8-9-10-11-12-14(17)16-13-15(2,3)18/h5-6,9-12,18H,4,7-8,13H2,1-3H3,(H,16,17)/b6-5-,10-9+,12-11+. The number of hydrogen-bond donors (Lipinski definition) is 2. The maximum atomic E-state index is 11.3. The molecular weight excluding hydrogens is 226 g/mol. The van der Waals surface area contributed by atoms with Gasteiger partial charge in [-0.15, -0.1) is 0 Å². The van der Waals surface area contributed by atoms with Crippen LogP contribution in [-0.4, -0.2) is 23.2 Å². The molecule has 0 fully saturated rings. The van der Waals surface area contributed by atoms with Crippen LogP contribution in [0.3, 0.4) is 0 Å². The highest BCUT2D eigenvalue weighted by atomic mass is 16.3. The predicted molar refractivity (Wildman–Crippen MR) is 76.3 cm³/mol. The van der Waals surface area contributed by atoms with Crippen LogP contribution in [0.25, 0.3) is 0 Å². The summed E-state index contributed by atoms with van der Waals surface area (Å²) < 4.78 is 0. The Morgan fingerprint density at radius 1 is 1.17 bits per heavy atom. The van der Waals surface area contributed by atoms with Gasteiger partial charge in [0.1, 0.15) is 0 Å². The maximum Gasteiger partial charge on any atom is 0.244 e. The van der Waals surface area contributed by atoms with Crippen LogP contribution in [-0.2, 0) is 4.79 Å². The summed E-state index contributed by atoms with van der Waals surface area (Å²) in [6.07, 6.45) is 14.5. The van der Waals surface area contributed by atoms with Crippen molar-refractivity contribution in [1.82, 2.24) is 5.32 Å². The third kappa shape index (κ3) is 12.7. The molecule has 0 heterocycles. The molecule has 0 saturated heterocycles. The molecule has 0 aliphatic carbocycles. The second-order valence-corrected chi connectivity index (χ2v) is 4.77. The topological polar surface area (TPSA) is 49.3 Å². The first-order chi connectivity index (χ1) is 8.45. The van der Waals surface area contributed by atoms with E-state index in [9.17, 15) is 9.90 Å². The molecule has 0 aromatic rings. The Morgan fingerprint density at radius 2 is 1.83 bits per heavy atom. The molecule has 0 rings (SSSR count). The fourth-order valence-electron chi connectivity index (χ4n) is 1.16. The van der Waals surface area contributed by atoms with Gasteiger partial charge in [-0.25, -0.2) is 0 Å². The summed E-state index contributed by atoms with van der Waals surface area (Å²) in [7, 11) is 0. The largest absolute Gasteiger partial charge is 0.389 e. The van der Waals surface area contributed by atoms with Crippen molar-refractivity contribution in [2.75, 3.05) is 6.54 Å². The average Bonchev–Trinajstić information content (AvgIpc) is 2.29. The molecule has 1 amide bonds. The highest BCUT2D eigenvalue weighted by Crippen LogP contribution is 1.97. The van der Waals surface area contributed by atoms with Crippen LogP contribution in [0.5, 0.6) is 0 Å². The predicted octanol–water partition coefficient (Wildman–Crippen LogP) is 2.73. The minimum atomic E-state index is -0.870. The van der Waals surface area contributed by atoms with Crippen LogP contribution in [0.15, 0.2) is 36.5 Å². The SMILES string of the molecule is CC/C=C\CC/C=C/C=C/C(=O)NCC(C)(C)O. The van der Waals surface area contributed by atoms with Crippen molar-refractivity contribution in [3.05, 3.63) is 36.5 Å². The van der Waals surface area contributed by atoms with E-state index in [1.165, 1.54) is 6.08 Å². The van der Waals surface area contributed by atoms with Gasteiger partial charge >= 0.3 is 0 Å². The zero-order valence-corrected chi connectivity index (χ0v) is 11.6. The van der Waals surface area contributed by atoms with Crippen molar-refractivity contribution in [1.29, 1.82) is 0 Å². The van der Waals surface area contributed by atoms with E-state index in [1.807, 2.05) is 12.2 Å². The van der Waals surface area contributed by atoms with Gasteiger partial charge in [0, 0.05) is 12.6 Å². The quantitative estimate of drug-likeness (QED) is 0.301. The molecule has 3 heteroatoms. The number of nitrogens with one attached hydrogen (secondary N) is 1. The second-order valence-electron chi connectivity index (χ2n) is 4.77. The number of carbonyl (C=O) groups excluding carboxylic acids is 1. The highest BCUT2D eigenvalue weighted by molar-refractivity contribution is 5.87. The van der Waals surface area contributed by atoms with E-state index in [2.05, 4.69) is 24.4 Å². The molecule has 0 unspecified atom stereocenters. The Morgan fingerprint density at radius 3 is 2.44 bits per heavy atom. The summed E-state index contributed by atoms with van der Waals surface area (Å²) in [4.78, 5) is 11.3. The zero-order chi connectivity index (χ0) is 13.9. The van der Waals surface area contributed by atoms with E-state index in [0.717, 1.165) is 19.3 Å². The van der Waals surface area contributed by atoms with Gasteiger partial charge in [0.15, 0.2) is 0 Å². The van der Waals surface area contributed by atoms with Gasteiger partial charge in [0.05, 0.1) is 5.60 Å². The molecule has 0 saturated carbocycles.